The summed E-state index contributed by atoms with van der Waals surface area (Å²) in [6, 6.07) is 0. The van der Waals surface area contributed by atoms with Crippen LogP contribution in [0.1, 0.15) is 27.2 Å². The Balaban J connectivity index is 1.91. The maximum atomic E-state index is 12.1. The summed E-state index contributed by atoms with van der Waals surface area (Å²) >= 11 is 0. The molecule has 1 saturated carbocycles. The highest BCUT2D eigenvalue weighted by atomic mass is 28.4. The molecule has 2 aliphatic heterocycles. The molecule has 1 saturated heterocycles. The summed E-state index contributed by atoms with van der Waals surface area (Å²) in [6.07, 6.45) is 1.62. The van der Waals surface area contributed by atoms with Crippen LogP contribution in [-0.2, 0) is 23.4 Å². The van der Waals surface area contributed by atoms with Crippen molar-refractivity contribution >= 4 is 14.3 Å². The predicted octanol–water partition coefficient (Wildman–Crippen LogP) is 2.19. The van der Waals surface area contributed by atoms with Crippen LogP contribution < -0.4 is 0 Å². The topological polar surface area (TPSA) is 77.5 Å². The number of epoxide rings is 1. The lowest BCUT2D eigenvalue weighted by Gasteiger charge is -2.44. The normalized spacial score (nSPS) is 37.9. The third-order valence-corrected chi connectivity index (χ3v) is 10.7. The van der Waals surface area contributed by atoms with Crippen molar-refractivity contribution in [3.05, 3.63) is 11.8 Å². The standard InChI is InChI=1S/C17H28O6Si/c1-16(2,3)24(5,6)23-15-13-10(7-12-17(13,9-18)22-12)11(8-21-15)14(19)20-4/h8,10,12-13,15,18H,7,9H2,1-6H3/t10-,12-,13+,15-,17-/m0/s1. The van der Waals surface area contributed by atoms with E-state index in [1.54, 1.807) is 0 Å². The van der Waals surface area contributed by atoms with E-state index in [0.29, 0.717) is 12.0 Å². The molecule has 0 radical (unpaired) electrons. The van der Waals surface area contributed by atoms with Crippen molar-refractivity contribution in [1.82, 2.24) is 0 Å². The van der Waals surface area contributed by atoms with Crippen LogP contribution in [0, 0.1) is 11.8 Å². The van der Waals surface area contributed by atoms with Gasteiger partial charge in [0.1, 0.15) is 5.60 Å². The van der Waals surface area contributed by atoms with Crippen LogP contribution in [0.4, 0.5) is 0 Å². The Kier molecular flexibility index (Phi) is 4.15. The average molecular weight is 356 g/mol. The molecule has 24 heavy (non-hydrogen) atoms. The fourth-order valence-corrected chi connectivity index (χ4v) is 4.81. The Morgan fingerprint density at radius 2 is 2.12 bits per heavy atom. The van der Waals surface area contributed by atoms with E-state index in [1.807, 2.05) is 0 Å². The molecule has 3 aliphatic rings. The minimum atomic E-state index is -2.07. The van der Waals surface area contributed by atoms with Gasteiger partial charge in [-0.25, -0.2) is 4.79 Å². The maximum absolute atomic E-state index is 12.1. The Bertz CT molecular complexity index is 562. The van der Waals surface area contributed by atoms with Gasteiger partial charge < -0.3 is 23.7 Å². The van der Waals surface area contributed by atoms with Crippen LogP contribution in [0.15, 0.2) is 11.8 Å². The van der Waals surface area contributed by atoms with E-state index in [0.717, 1.165) is 0 Å². The number of carbonyl (C=O) groups is 1. The van der Waals surface area contributed by atoms with Gasteiger partial charge in [0.25, 0.3) is 0 Å². The molecule has 136 valence electrons. The van der Waals surface area contributed by atoms with Crippen molar-refractivity contribution in [1.29, 1.82) is 0 Å². The van der Waals surface area contributed by atoms with Crippen LogP contribution >= 0.6 is 0 Å². The molecule has 1 N–H and O–H groups in total. The summed E-state index contributed by atoms with van der Waals surface area (Å²) in [5.74, 6) is -0.641. The van der Waals surface area contributed by atoms with Gasteiger partial charge in [-0.3, -0.25) is 0 Å². The first kappa shape index (κ1) is 17.9. The van der Waals surface area contributed by atoms with Crippen molar-refractivity contribution < 1.29 is 28.5 Å². The molecule has 0 unspecified atom stereocenters. The van der Waals surface area contributed by atoms with Crippen molar-refractivity contribution in [2.75, 3.05) is 13.7 Å². The van der Waals surface area contributed by atoms with Crippen LogP contribution in [-0.4, -0.2) is 51.1 Å². The predicted molar refractivity (Wildman–Crippen MR) is 89.5 cm³/mol. The molecule has 3 rings (SSSR count). The summed E-state index contributed by atoms with van der Waals surface area (Å²) in [6.45, 7) is 10.7. The number of rotatable bonds is 4. The zero-order chi connectivity index (χ0) is 17.9. The number of carbonyl (C=O) groups excluding carboxylic acids is 1. The molecule has 0 aromatic rings. The van der Waals surface area contributed by atoms with E-state index in [-0.39, 0.29) is 35.6 Å². The number of hydrogen-bond acceptors (Lipinski definition) is 6. The molecule has 0 spiro atoms. The largest absolute Gasteiger partial charge is 0.473 e. The molecule has 0 amide bonds. The highest BCUT2D eigenvalue weighted by Gasteiger charge is 2.73. The van der Waals surface area contributed by atoms with Gasteiger partial charge in [0.05, 0.1) is 37.6 Å². The first-order valence-electron chi connectivity index (χ1n) is 8.48. The molecular formula is C17H28O6Si. The molecule has 2 fully saturated rings. The van der Waals surface area contributed by atoms with Crippen molar-refractivity contribution in [2.24, 2.45) is 11.8 Å². The quantitative estimate of drug-likeness (QED) is 0.473. The van der Waals surface area contributed by atoms with E-state index >= 15 is 0 Å². The van der Waals surface area contributed by atoms with Gasteiger partial charge in [-0.15, -0.1) is 0 Å². The summed E-state index contributed by atoms with van der Waals surface area (Å²) in [5.41, 5.74) is -0.133. The molecule has 7 heteroatoms. The van der Waals surface area contributed by atoms with Crippen molar-refractivity contribution in [3.8, 4) is 0 Å². The lowest BCUT2D eigenvalue weighted by molar-refractivity contribution is -0.148. The molecule has 1 aliphatic carbocycles. The minimum absolute atomic E-state index is 0.0347. The monoisotopic (exact) mass is 356 g/mol. The number of aliphatic hydroxyl groups excluding tert-OH is 1. The van der Waals surface area contributed by atoms with E-state index < -0.39 is 20.2 Å². The van der Waals surface area contributed by atoms with Gasteiger partial charge >= 0.3 is 5.97 Å². The van der Waals surface area contributed by atoms with Gasteiger partial charge in [0.2, 0.25) is 0 Å². The molecule has 0 aromatic carbocycles. The van der Waals surface area contributed by atoms with E-state index in [4.69, 9.17) is 18.6 Å². The summed E-state index contributed by atoms with van der Waals surface area (Å²) < 4.78 is 23.0. The minimum Gasteiger partial charge on any atom is -0.473 e. The Labute approximate surface area is 144 Å². The number of aliphatic hydroxyl groups is 1. The second kappa shape index (κ2) is 5.55. The van der Waals surface area contributed by atoms with Crippen LogP contribution in [0.5, 0.6) is 0 Å². The van der Waals surface area contributed by atoms with Gasteiger partial charge in [-0.05, 0) is 24.6 Å². The van der Waals surface area contributed by atoms with Crippen molar-refractivity contribution in [3.63, 3.8) is 0 Å². The second-order valence-electron chi connectivity index (χ2n) is 8.53. The van der Waals surface area contributed by atoms with E-state index in [9.17, 15) is 9.90 Å². The maximum Gasteiger partial charge on any atom is 0.337 e. The van der Waals surface area contributed by atoms with Crippen LogP contribution in [0.2, 0.25) is 18.1 Å². The number of fused-ring (bicyclic) bond motifs is 3. The number of methoxy groups -OCH3 is 1. The van der Waals surface area contributed by atoms with Crippen molar-refractivity contribution in [2.45, 2.75) is 63.3 Å². The third kappa shape index (κ3) is 2.53. The average Bonchev–Trinajstić information content (AvgIpc) is 3.10. The Hall–Kier alpha value is -0.893. The SMILES string of the molecule is COC(=O)C1=CO[C@@H](O[Si](C)(C)C(C)(C)C)[C@H]2[C@H]1C[C@@H]1O[C@]21CO. The van der Waals surface area contributed by atoms with E-state index in [2.05, 4.69) is 33.9 Å². The zero-order valence-corrected chi connectivity index (χ0v) is 16.3. The Morgan fingerprint density at radius 1 is 1.46 bits per heavy atom. The number of ether oxygens (including phenoxy) is 3. The third-order valence-electron chi connectivity index (χ3n) is 6.22. The summed E-state index contributed by atoms with van der Waals surface area (Å²) in [7, 11) is -0.709. The second-order valence-corrected chi connectivity index (χ2v) is 13.3. The molecule has 6 nitrogen and oxygen atoms in total. The smallest absolute Gasteiger partial charge is 0.337 e. The number of esters is 1. The lowest BCUT2D eigenvalue weighted by Crippen LogP contribution is -2.52. The van der Waals surface area contributed by atoms with Gasteiger partial charge in [0, 0.05) is 5.92 Å². The van der Waals surface area contributed by atoms with E-state index in [1.165, 1.54) is 13.4 Å². The highest BCUT2D eigenvalue weighted by molar-refractivity contribution is 6.74. The number of hydrogen-bond donors (Lipinski definition) is 1. The summed E-state index contributed by atoms with van der Waals surface area (Å²) in [4.78, 5) is 12.1. The molecular weight excluding hydrogens is 328 g/mol. The Morgan fingerprint density at radius 3 is 2.67 bits per heavy atom. The lowest BCUT2D eigenvalue weighted by atomic mass is 9.82. The molecule has 2 heterocycles. The summed E-state index contributed by atoms with van der Waals surface area (Å²) in [5, 5.41) is 9.94. The zero-order valence-electron chi connectivity index (χ0n) is 15.3. The van der Waals surface area contributed by atoms with Gasteiger partial charge in [-0.1, -0.05) is 20.8 Å². The highest BCUT2D eigenvalue weighted by Crippen LogP contribution is 2.61. The molecule has 5 atom stereocenters. The van der Waals surface area contributed by atoms with Gasteiger partial charge in [0.15, 0.2) is 14.6 Å². The fourth-order valence-electron chi connectivity index (χ4n) is 3.67. The fraction of sp³-hybridized carbons (Fsp3) is 0.824. The first-order chi connectivity index (χ1) is 11.1. The molecule has 0 bridgehead atoms. The van der Waals surface area contributed by atoms with Crippen LogP contribution in [0.25, 0.3) is 0 Å². The first-order valence-corrected chi connectivity index (χ1v) is 11.4. The van der Waals surface area contributed by atoms with Crippen LogP contribution in [0.3, 0.4) is 0 Å². The van der Waals surface area contributed by atoms with Gasteiger partial charge in [-0.2, -0.15) is 0 Å². The molecule has 0 aromatic heterocycles.